The quantitative estimate of drug-likeness (QED) is 0.0165. The van der Waals surface area contributed by atoms with Crippen LogP contribution in [-0.2, 0) is 27.9 Å². The molecule has 6 N–H and O–H groups in total. The molecule has 0 bridgehead atoms. The van der Waals surface area contributed by atoms with Crippen LogP contribution in [0.4, 0.5) is 0 Å². The Balaban J connectivity index is 2.39. The zero-order chi connectivity index (χ0) is 39.2. The van der Waals surface area contributed by atoms with Gasteiger partial charge in [0.15, 0.2) is 0 Å². The number of aliphatic hydroxyl groups is 5. The molecule has 1 fully saturated rings. The van der Waals surface area contributed by atoms with Crippen LogP contribution in [0.15, 0.2) is 24.3 Å². The maximum atomic E-state index is 12.7. The third-order valence-corrected chi connectivity index (χ3v) is 10.6. The molecule has 0 heterocycles. The molecular formula is C40H75O12P. The molecule has 53 heavy (non-hydrogen) atoms. The first-order valence-electron chi connectivity index (χ1n) is 20.7. The van der Waals surface area contributed by atoms with Gasteiger partial charge in [0, 0.05) is 13.0 Å². The van der Waals surface area contributed by atoms with Crippen LogP contribution in [0.5, 0.6) is 0 Å². The van der Waals surface area contributed by atoms with Crippen molar-refractivity contribution in [3.05, 3.63) is 24.3 Å². The minimum atomic E-state index is -5.00. The molecule has 0 aromatic heterocycles. The summed E-state index contributed by atoms with van der Waals surface area (Å²) in [6, 6.07) is 0. The van der Waals surface area contributed by atoms with E-state index >= 15 is 0 Å². The molecule has 1 aliphatic carbocycles. The Morgan fingerprint density at radius 2 is 1.06 bits per heavy atom. The first-order chi connectivity index (χ1) is 25.5. The van der Waals surface area contributed by atoms with E-state index in [1.54, 1.807) is 0 Å². The summed E-state index contributed by atoms with van der Waals surface area (Å²) in [6.45, 7) is 4.17. The normalized spacial score (nSPS) is 23.8. The Bertz CT molecular complexity index is 979. The summed E-state index contributed by atoms with van der Waals surface area (Å²) in [5.41, 5.74) is 0. The van der Waals surface area contributed by atoms with Crippen LogP contribution in [0.25, 0.3) is 0 Å². The molecule has 0 aromatic rings. The topological polar surface area (TPSA) is 192 Å². The van der Waals surface area contributed by atoms with E-state index in [0.29, 0.717) is 13.0 Å². The summed E-state index contributed by atoms with van der Waals surface area (Å²) in [4.78, 5) is 22.9. The van der Waals surface area contributed by atoms with Crippen LogP contribution < -0.4 is 0 Å². The highest BCUT2D eigenvalue weighted by molar-refractivity contribution is 7.47. The van der Waals surface area contributed by atoms with Gasteiger partial charge in [-0.3, -0.25) is 13.8 Å². The third kappa shape index (κ3) is 24.8. The van der Waals surface area contributed by atoms with Crippen molar-refractivity contribution in [2.24, 2.45) is 0 Å². The van der Waals surface area contributed by atoms with E-state index in [4.69, 9.17) is 18.5 Å². The van der Waals surface area contributed by atoms with E-state index in [0.717, 1.165) is 57.8 Å². The fourth-order valence-electron chi connectivity index (χ4n) is 6.21. The minimum Gasteiger partial charge on any atom is -0.457 e. The number of hydrogen-bond donors (Lipinski definition) is 6. The number of hydrogen-bond acceptors (Lipinski definition) is 11. The molecule has 0 amide bonds. The van der Waals surface area contributed by atoms with Crippen molar-refractivity contribution in [1.82, 2.24) is 0 Å². The number of phosphoric acid groups is 1. The number of allylic oxidation sites excluding steroid dienone is 4. The number of unbranched alkanes of at least 4 members (excludes halogenated alkanes) is 18. The number of ether oxygens (including phenoxy) is 2. The molecule has 12 nitrogen and oxygen atoms in total. The Kier molecular flexibility index (Phi) is 30.1. The maximum Gasteiger partial charge on any atom is 0.472 e. The highest BCUT2D eigenvalue weighted by atomic mass is 31.2. The van der Waals surface area contributed by atoms with Gasteiger partial charge in [-0.1, -0.05) is 134 Å². The van der Waals surface area contributed by atoms with Crippen molar-refractivity contribution in [1.29, 1.82) is 0 Å². The second-order valence-electron chi connectivity index (χ2n) is 14.5. The van der Waals surface area contributed by atoms with E-state index in [1.807, 2.05) is 0 Å². The summed E-state index contributed by atoms with van der Waals surface area (Å²) in [6.07, 6.45) is 21.3. The van der Waals surface area contributed by atoms with E-state index in [1.165, 1.54) is 77.0 Å². The second kappa shape index (κ2) is 32.0. The van der Waals surface area contributed by atoms with Gasteiger partial charge in [-0.2, -0.15) is 0 Å². The highest BCUT2D eigenvalue weighted by Gasteiger charge is 2.51. The zero-order valence-electron chi connectivity index (χ0n) is 32.8. The smallest absolute Gasteiger partial charge is 0.457 e. The lowest BCUT2D eigenvalue weighted by atomic mass is 9.85. The SMILES string of the molecule is CCCCC/C=C\C/C=C\CCCCCCCCCCOCC(COP(=O)(O)OC1C(O)C(O)C(O)C(O)C1O)OC(=O)CCCCCCCCCC. The standard InChI is InChI=1S/C40H75O12P/c1-3-5-7-9-11-13-14-15-16-17-18-19-20-21-22-24-26-28-30-49-31-33(51-34(41)29-27-25-23-12-10-8-6-4-2)32-50-53(47,48)52-40-38(45)36(43)35(42)37(44)39(40)46/h11,13,15-16,33,35-40,42-46H,3-10,12,14,17-32H2,1-2H3,(H,47,48)/b13-11-,16-15-. The van der Waals surface area contributed by atoms with Crippen molar-refractivity contribution in [3.8, 4) is 0 Å². The molecule has 312 valence electrons. The van der Waals surface area contributed by atoms with Crippen LogP contribution in [-0.4, -0.2) is 98.9 Å². The van der Waals surface area contributed by atoms with E-state index in [9.17, 15) is 39.8 Å². The number of carbonyl (C=O) groups excluding carboxylic acids is 1. The Morgan fingerprint density at radius 3 is 1.62 bits per heavy atom. The fraction of sp³-hybridized carbons (Fsp3) is 0.875. The first kappa shape index (κ1) is 49.8. The van der Waals surface area contributed by atoms with Gasteiger partial charge in [-0.15, -0.1) is 0 Å². The largest absolute Gasteiger partial charge is 0.472 e. The summed E-state index contributed by atoms with van der Waals surface area (Å²) >= 11 is 0. The molecule has 0 spiro atoms. The van der Waals surface area contributed by atoms with Crippen LogP contribution in [0.3, 0.4) is 0 Å². The zero-order valence-corrected chi connectivity index (χ0v) is 33.7. The lowest BCUT2D eigenvalue weighted by Gasteiger charge is -2.41. The van der Waals surface area contributed by atoms with Gasteiger partial charge in [0.2, 0.25) is 0 Å². The number of carbonyl (C=O) groups is 1. The Morgan fingerprint density at radius 1 is 0.604 bits per heavy atom. The lowest BCUT2D eigenvalue weighted by Crippen LogP contribution is -2.64. The van der Waals surface area contributed by atoms with Crippen LogP contribution in [0.2, 0.25) is 0 Å². The Labute approximate surface area is 320 Å². The van der Waals surface area contributed by atoms with Crippen LogP contribution >= 0.6 is 7.82 Å². The molecule has 0 saturated heterocycles. The molecule has 1 aliphatic rings. The maximum absolute atomic E-state index is 12.7. The number of esters is 1. The summed E-state index contributed by atoms with van der Waals surface area (Å²) in [5.74, 6) is -0.485. The number of phosphoric ester groups is 1. The van der Waals surface area contributed by atoms with Gasteiger partial charge in [-0.05, 0) is 44.9 Å². The van der Waals surface area contributed by atoms with Crippen molar-refractivity contribution in [3.63, 3.8) is 0 Å². The predicted molar refractivity (Wildman–Crippen MR) is 207 cm³/mol. The molecular weight excluding hydrogens is 703 g/mol. The summed E-state index contributed by atoms with van der Waals surface area (Å²) in [5, 5.41) is 49.9. The van der Waals surface area contributed by atoms with Crippen LogP contribution in [0, 0.1) is 0 Å². The number of rotatable bonds is 34. The summed E-state index contributed by atoms with van der Waals surface area (Å²) in [7, 11) is -5.00. The summed E-state index contributed by atoms with van der Waals surface area (Å²) < 4.78 is 34.0. The fourth-order valence-corrected chi connectivity index (χ4v) is 7.18. The van der Waals surface area contributed by atoms with Crippen molar-refractivity contribution >= 4 is 13.8 Å². The van der Waals surface area contributed by atoms with Crippen LogP contribution in [0.1, 0.15) is 162 Å². The molecule has 13 heteroatoms. The molecule has 1 saturated carbocycles. The monoisotopic (exact) mass is 778 g/mol. The average molecular weight is 779 g/mol. The van der Waals surface area contributed by atoms with Gasteiger partial charge in [0.1, 0.15) is 42.7 Å². The van der Waals surface area contributed by atoms with Gasteiger partial charge in [-0.25, -0.2) is 4.57 Å². The van der Waals surface area contributed by atoms with E-state index < -0.39 is 63.1 Å². The molecule has 0 aromatic carbocycles. The lowest BCUT2D eigenvalue weighted by molar-refractivity contribution is -0.220. The third-order valence-electron chi connectivity index (χ3n) is 9.58. The Hall–Kier alpha value is -1.18. The van der Waals surface area contributed by atoms with Crippen molar-refractivity contribution < 1.29 is 58.3 Å². The van der Waals surface area contributed by atoms with Gasteiger partial charge < -0.3 is 39.9 Å². The molecule has 0 aliphatic heterocycles. The minimum absolute atomic E-state index is 0.0782. The van der Waals surface area contributed by atoms with Gasteiger partial charge in [0.25, 0.3) is 0 Å². The van der Waals surface area contributed by atoms with Crippen molar-refractivity contribution in [2.45, 2.75) is 204 Å². The van der Waals surface area contributed by atoms with E-state index in [-0.39, 0.29) is 13.0 Å². The van der Waals surface area contributed by atoms with Gasteiger partial charge >= 0.3 is 13.8 Å². The number of aliphatic hydroxyl groups excluding tert-OH is 5. The molecule has 1 rings (SSSR count). The van der Waals surface area contributed by atoms with Gasteiger partial charge in [0.05, 0.1) is 13.2 Å². The highest BCUT2D eigenvalue weighted by Crippen LogP contribution is 2.47. The first-order valence-corrected chi connectivity index (χ1v) is 22.2. The van der Waals surface area contributed by atoms with E-state index in [2.05, 4.69) is 38.2 Å². The molecule has 6 atom stereocenters. The second-order valence-corrected chi connectivity index (χ2v) is 15.9. The molecule has 0 radical (unpaired) electrons. The molecule has 6 unspecified atom stereocenters. The van der Waals surface area contributed by atoms with Crippen molar-refractivity contribution in [2.75, 3.05) is 19.8 Å². The predicted octanol–water partition coefficient (Wildman–Crippen LogP) is 7.36. The average Bonchev–Trinajstić information content (AvgIpc) is 3.14.